The molecule has 2 aromatic rings. The van der Waals surface area contributed by atoms with Gasteiger partial charge in [0.15, 0.2) is 0 Å². The number of anilines is 1. The number of carbonyl (C=O) groups excluding carboxylic acids is 3. The summed E-state index contributed by atoms with van der Waals surface area (Å²) >= 11 is 3.30. The number of pyridine rings is 1. The fraction of sp³-hybridized carbons (Fsp3) is 0.375. The molecule has 1 saturated heterocycles. The van der Waals surface area contributed by atoms with E-state index in [1.54, 1.807) is 66.5 Å². The molecule has 3 rings (SSSR count). The summed E-state index contributed by atoms with van der Waals surface area (Å²) in [4.78, 5) is 46.3. The Morgan fingerprint density at radius 2 is 1.71 bits per heavy atom. The third kappa shape index (κ3) is 6.86. The first-order valence-corrected chi connectivity index (χ1v) is 11.9. The number of halogens is 1. The number of nitrogens with zero attached hydrogens (tertiary/aromatic N) is 3. The Morgan fingerprint density at radius 3 is 2.29 bits per heavy atom. The standard InChI is InChI=1S/C24H29BrN6O3/c1-30(2)22(26)16-6-8-17(9-7-16)23(33)28-19(24(34)31-12-4-3-5-13-31)14-21(32)29-20-11-10-18(25)15-27-20/h6-11,15,19,26H,3-5,12-14H2,1-2H3,(H,28,33)(H,27,29,32)/t19-/m1/s1. The van der Waals surface area contributed by atoms with Gasteiger partial charge in [-0.15, -0.1) is 0 Å². The van der Waals surface area contributed by atoms with E-state index in [1.165, 1.54) is 0 Å². The number of hydrogen-bond donors (Lipinski definition) is 3. The van der Waals surface area contributed by atoms with Gasteiger partial charge in [0.25, 0.3) is 5.91 Å². The average Bonchev–Trinajstić information content (AvgIpc) is 2.84. The molecule has 0 unspecified atom stereocenters. The summed E-state index contributed by atoms with van der Waals surface area (Å²) in [5.41, 5.74) is 1.02. The minimum absolute atomic E-state index is 0.206. The molecule has 1 aromatic carbocycles. The second-order valence-electron chi connectivity index (χ2n) is 8.35. The lowest BCUT2D eigenvalue weighted by Gasteiger charge is -2.30. The van der Waals surface area contributed by atoms with Gasteiger partial charge in [-0.2, -0.15) is 0 Å². The van der Waals surface area contributed by atoms with Gasteiger partial charge in [-0.3, -0.25) is 19.8 Å². The molecule has 2 heterocycles. The van der Waals surface area contributed by atoms with Crippen molar-refractivity contribution in [1.82, 2.24) is 20.1 Å². The van der Waals surface area contributed by atoms with Crippen LogP contribution in [0.5, 0.6) is 0 Å². The third-order valence-corrected chi connectivity index (χ3v) is 5.99. The molecule has 3 amide bonds. The first-order valence-electron chi connectivity index (χ1n) is 11.1. The minimum Gasteiger partial charge on any atom is -0.363 e. The van der Waals surface area contributed by atoms with Crippen molar-refractivity contribution in [2.75, 3.05) is 32.5 Å². The van der Waals surface area contributed by atoms with Crippen LogP contribution in [-0.2, 0) is 9.59 Å². The molecule has 1 aromatic heterocycles. The summed E-state index contributed by atoms with van der Waals surface area (Å²) in [6.07, 6.45) is 4.22. The van der Waals surface area contributed by atoms with Gasteiger partial charge in [-0.25, -0.2) is 4.98 Å². The van der Waals surface area contributed by atoms with Crippen LogP contribution in [0.2, 0.25) is 0 Å². The lowest BCUT2D eigenvalue weighted by atomic mass is 10.1. The Hall–Kier alpha value is -3.27. The molecule has 180 valence electrons. The van der Waals surface area contributed by atoms with E-state index in [2.05, 4.69) is 31.5 Å². The molecule has 0 radical (unpaired) electrons. The largest absolute Gasteiger partial charge is 0.363 e. The van der Waals surface area contributed by atoms with Crippen molar-refractivity contribution in [3.8, 4) is 0 Å². The van der Waals surface area contributed by atoms with Crippen molar-refractivity contribution in [3.63, 3.8) is 0 Å². The molecule has 10 heteroatoms. The van der Waals surface area contributed by atoms with Crippen LogP contribution in [0.15, 0.2) is 47.1 Å². The normalized spacial score (nSPS) is 14.1. The minimum atomic E-state index is -0.999. The fourth-order valence-electron chi connectivity index (χ4n) is 3.64. The number of rotatable bonds is 7. The molecule has 1 atom stereocenters. The van der Waals surface area contributed by atoms with E-state index in [1.807, 2.05) is 0 Å². The molecular weight excluding hydrogens is 500 g/mol. The maximum atomic E-state index is 13.2. The van der Waals surface area contributed by atoms with Crippen LogP contribution in [0.25, 0.3) is 0 Å². The number of likely N-dealkylation sites (tertiary alicyclic amines) is 1. The van der Waals surface area contributed by atoms with Crippen LogP contribution >= 0.6 is 15.9 Å². The molecule has 1 fully saturated rings. The first kappa shape index (κ1) is 25.4. The molecule has 0 spiro atoms. The lowest BCUT2D eigenvalue weighted by Crippen LogP contribution is -2.51. The Kier molecular flexibility index (Phi) is 8.75. The van der Waals surface area contributed by atoms with E-state index < -0.39 is 17.9 Å². The summed E-state index contributed by atoms with van der Waals surface area (Å²) < 4.78 is 0.780. The van der Waals surface area contributed by atoms with Gasteiger partial charge in [0.05, 0.1) is 6.42 Å². The maximum Gasteiger partial charge on any atom is 0.251 e. The van der Waals surface area contributed by atoms with Crippen LogP contribution in [0.3, 0.4) is 0 Å². The lowest BCUT2D eigenvalue weighted by molar-refractivity contribution is -0.135. The molecule has 0 bridgehead atoms. The molecule has 3 N–H and O–H groups in total. The second-order valence-corrected chi connectivity index (χ2v) is 9.26. The van der Waals surface area contributed by atoms with E-state index in [-0.39, 0.29) is 12.3 Å². The highest BCUT2D eigenvalue weighted by Gasteiger charge is 2.29. The van der Waals surface area contributed by atoms with Gasteiger partial charge >= 0.3 is 0 Å². The van der Waals surface area contributed by atoms with Gasteiger partial charge in [-0.1, -0.05) is 12.1 Å². The van der Waals surface area contributed by atoms with Crippen LogP contribution < -0.4 is 10.6 Å². The molecule has 9 nitrogen and oxygen atoms in total. The van der Waals surface area contributed by atoms with Crippen molar-refractivity contribution in [2.24, 2.45) is 0 Å². The quantitative estimate of drug-likeness (QED) is 0.377. The summed E-state index contributed by atoms with van der Waals surface area (Å²) in [5, 5.41) is 13.5. The van der Waals surface area contributed by atoms with Crippen molar-refractivity contribution < 1.29 is 14.4 Å². The molecule has 1 aliphatic rings. The highest BCUT2D eigenvalue weighted by molar-refractivity contribution is 9.10. The van der Waals surface area contributed by atoms with Crippen molar-refractivity contribution in [1.29, 1.82) is 5.41 Å². The van der Waals surface area contributed by atoms with E-state index >= 15 is 0 Å². The number of carbonyl (C=O) groups is 3. The number of nitrogens with one attached hydrogen (secondary N) is 3. The Morgan fingerprint density at radius 1 is 1.06 bits per heavy atom. The van der Waals surface area contributed by atoms with Crippen LogP contribution in [0.1, 0.15) is 41.6 Å². The molecular formula is C24H29BrN6O3. The van der Waals surface area contributed by atoms with Crippen LogP contribution in [0, 0.1) is 5.41 Å². The topological polar surface area (TPSA) is 118 Å². The molecule has 34 heavy (non-hydrogen) atoms. The smallest absolute Gasteiger partial charge is 0.251 e. The summed E-state index contributed by atoms with van der Waals surface area (Å²) in [7, 11) is 3.54. The van der Waals surface area contributed by atoms with E-state index in [4.69, 9.17) is 5.41 Å². The maximum absolute atomic E-state index is 13.2. The van der Waals surface area contributed by atoms with Gasteiger partial charge in [0.1, 0.15) is 17.7 Å². The fourth-order valence-corrected chi connectivity index (χ4v) is 3.88. The van der Waals surface area contributed by atoms with Gasteiger partial charge < -0.3 is 20.4 Å². The SMILES string of the molecule is CN(C)C(=N)c1ccc(C(=O)N[C@H](CC(=O)Nc2ccc(Br)cn2)C(=O)N2CCCCC2)cc1. The predicted octanol–water partition coefficient (Wildman–Crippen LogP) is 2.87. The summed E-state index contributed by atoms with van der Waals surface area (Å²) in [6.45, 7) is 1.23. The molecule has 0 saturated carbocycles. The third-order valence-electron chi connectivity index (χ3n) is 5.52. The van der Waals surface area contributed by atoms with Gasteiger partial charge in [0, 0.05) is 49.0 Å². The van der Waals surface area contributed by atoms with Crippen LogP contribution in [0.4, 0.5) is 5.82 Å². The number of piperidine rings is 1. The first-order chi connectivity index (χ1) is 16.2. The zero-order chi connectivity index (χ0) is 24.7. The number of amidine groups is 1. The number of amides is 3. The van der Waals surface area contributed by atoms with Gasteiger partial charge in [-0.05, 0) is 59.5 Å². The molecule has 1 aliphatic heterocycles. The van der Waals surface area contributed by atoms with Gasteiger partial charge in [0.2, 0.25) is 11.8 Å². The number of hydrogen-bond acceptors (Lipinski definition) is 5. The average molecular weight is 529 g/mol. The van der Waals surface area contributed by atoms with E-state index in [0.717, 1.165) is 23.7 Å². The van der Waals surface area contributed by atoms with Crippen molar-refractivity contribution in [2.45, 2.75) is 31.7 Å². The predicted molar refractivity (Wildman–Crippen MR) is 134 cm³/mol. The highest BCUT2D eigenvalue weighted by Crippen LogP contribution is 2.14. The van der Waals surface area contributed by atoms with Crippen LogP contribution in [-0.4, -0.2) is 71.6 Å². The molecule has 0 aliphatic carbocycles. The van der Waals surface area contributed by atoms with Crippen molar-refractivity contribution in [3.05, 3.63) is 58.2 Å². The zero-order valence-corrected chi connectivity index (χ0v) is 20.9. The van der Waals surface area contributed by atoms with E-state index in [0.29, 0.717) is 35.9 Å². The number of aromatic nitrogens is 1. The Labute approximate surface area is 207 Å². The van der Waals surface area contributed by atoms with Crippen molar-refractivity contribution >= 4 is 45.3 Å². The zero-order valence-electron chi connectivity index (χ0n) is 19.3. The van der Waals surface area contributed by atoms with E-state index in [9.17, 15) is 14.4 Å². The highest BCUT2D eigenvalue weighted by atomic mass is 79.9. The summed E-state index contributed by atoms with van der Waals surface area (Å²) in [6, 6.07) is 8.99. The summed E-state index contributed by atoms with van der Waals surface area (Å²) in [5.74, 6) is -0.447. The Bertz CT molecular complexity index is 1030. The second kappa shape index (κ2) is 11.7. The number of benzene rings is 1. The Balaban J connectivity index is 1.72. The monoisotopic (exact) mass is 528 g/mol.